The first-order chi connectivity index (χ1) is 16.1. The molecule has 34 heavy (non-hydrogen) atoms. The Bertz CT molecular complexity index is 1050. The Labute approximate surface area is 205 Å². The molecule has 4 rings (SSSR count). The first kappa shape index (κ1) is 24.9. The molecule has 0 unspecified atom stereocenters. The number of anilines is 4. The van der Waals surface area contributed by atoms with Gasteiger partial charge in [0.05, 0.1) is 11.9 Å². The van der Waals surface area contributed by atoms with E-state index in [0.717, 1.165) is 48.9 Å². The fraction of sp³-hybridized carbons (Fsp3) is 0.292. The maximum atomic E-state index is 6.09. The number of rotatable bonds is 8. The normalized spacial score (nSPS) is 13.6. The third-order valence-corrected chi connectivity index (χ3v) is 5.42. The van der Waals surface area contributed by atoms with Crippen molar-refractivity contribution in [2.45, 2.75) is 6.92 Å². The maximum Gasteiger partial charge on any atom is 0.222 e. The second kappa shape index (κ2) is 11.9. The van der Waals surface area contributed by atoms with Crippen molar-refractivity contribution in [3.8, 4) is 5.75 Å². The molecule has 0 spiro atoms. The first-order valence-electron chi connectivity index (χ1n) is 10.9. The van der Waals surface area contributed by atoms with E-state index in [1.807, 2.05) is 49.4 Å². The molecule has 1 aromatic heterocycles. The minimum atomic E-state index is 0. The lowest BCUT2D eigenvalue weighted by atomic mass is 10.2. The molecule has 3 aromatic rings. The zero-order chi connectivity index (χ0) is 23.0. The van der Waals surface area contributed by atoms with E-state index in [1.54, 1.807) is 6.21 Å². The van der Waals surface area contributed by atoms with Crippen molar-refractivity contribution >= 4 is 41.8 Å². The standard InChI is InChI=1S/C24H29N7O2.ClH/c1-18-22(23(25)29-24(26)28-18)31-13-11-30(12-14-31)20-9-7-19(8-10-20)17-27-33-16-15-32-21-5-3-2-4-6-21;/h2-10,17H,11-16H2,1H3,(H4,25,26,28,29);1H/b27-17+;. The molecular weight excluding hydrogens is 454 g/mol. The molecule has 0 radical (unpaired) electrons. The Morgan fingerprint density at radius 2 is 1.59 bits per heavy atom. The number of oxime groups is 1. The van der Waals surface area contributed by atoms with Crippen LogP contribution >= 0.6 is 12.4 Å². The highest BCUT2D eigenvalue weighted by Crippen LogP contribution is 2.27. The minimum absolute atomic E-state index is 0. The molecule has 0 bridgehead atoms. The molecule has 1 aliphatic heterocycles. The molecule has 0 atom stereocenters. The Morgan fingerprint density at radius 3 is 2.26 bits per heavy atom. The minimum Gasteiger partial charge on any atom is -0.490 e. The van der Waals surface area contributed by atoms with Gasteiger partial charge in [-0.1, -0.05) is 35.5 Å². The van der Waals surface area contributed by atoms with Gasteiger partial charge in [0.2, 0.25) is 5.95 Å². The van der Waals surface area contributed by atoms with Crippen LogP contribution in [0.5, 0.6) is 5.75 Å². The lowest BCUT2D eigenvalue weighted by molar-refractivity contribution is 0.108. The van der Waals surface area contributed by atoms with Crippen LogP contribution in [0.2, 0.25) is 0 Å². The number of aromatic nitrogens is 2. The van der Waals surface area contributed by atoms with Gasteiger partial charge in [0.1, 0.15) is 18.0 Å². The van der Waals surface area contributed by atoms with Crippen LogP contribution in [0.25, 0.3) is 0 Å². The lowest BCUT2D eigenvalue weighted by Gasteiger charge is -2.38. The summed E-state index contributed by atoms with van der Waals surface area (Å²) in [4.78, 5) is 18.2. The number of nitrogen functional groups attached to an aromatic ring is 2. The molecule has 9 nitrogen and oxygen atoms in total. The van der Waals surface area contributed by atoms with E-state index >= 15 is 0 Å². The predicted octanol–water partition coefficient (Wildman–Crippen LogP) is 3.13. The van der Waals surface area contributed by atoms with E-state index in [0.29, 0.717) is 19.0 Å². The van der Waals surface area contributed by atoms with Crippen LogP contribution < -0.4 is 26.0 Å². The van der Waals surface area contributed by atoms with Crippen molar-refractivity contribution in [3.63, 3.8) is 0 Å². The average molecular weight is 484 g/mol. The number of hydrogen-bond acceptors (Lipinski definition) is 9. The van der Waals surface area contributed by atoms with Gasteiger partial charge in [0, 0.05) is 31.9 Å². The predicted molar refractivity (Wildman–Crippen MR) is 139 cm³/mol. The van der Waals surface area contributed by atoms with Crippen LogP contribution in [-0.2, 0) is 4.84 Å². The molecule has 0 amide bonds. The Hall–Kier alpha value is -3.72. The van der Waals surface area contributed by atoms with E-state index in [4.69, 9.17) is 21.0 Å². The van der Waals surface area contributed by atoms with Crippen LogP contribution in [0, 0.1) is 6.92 Å². The summed E-state index contributed by atoms with van der Waals surface area (Å²) in [6.45, 7) is 6.16. The quantitative estimate of drug-likeness (QED) is 0.285. The number of nitrogens with zero attached hydrogens (tertiary/aromatic N) is 5. The molecule has 1 aliphatic rings. The van der Waals surface area contributed by atoms with E-state index in [1.165, 1.54) is 5.69 Å². The topological polar surface area (TPSA) is 115 Å². The van der Waals surface area contributed by atoms with Gasteiger partial charge in [0.25, 0.3) is 0 Å². The van der Waals surface area contributed by atoms with E-state index in [-0.39, 0.29) is 18.4 Å². The Morgan fingerprint density at radius 1 is 0.912 bits per heavy atom. The van der Waals surface area contributed by atoms with Gasteiger partial charge in [-0.25, -0.2) is 4.98 Å². The summed E-state index contributed by atoms with van der Waals surface area (Å²) in [5, 5.41) is 4.02. The second-order valence-corrected chi connectivity index (χ2v) is 7.70. The van der Waals surface area contributed by atoms with Crippen LogP contribution in [0.4, 0.5) is 23.1 Å². The van der Waals surface area contributed by atoms with Crippen molar-refractivity contribution in [3.05, 3.63) is 65.9 Å². The van der Waals surface area contributed by atoms with Crippen molar-refractivity contribution in [2.75, 3.05) is 60.7 Å². The molecule has 180 valence electrons. The molecule has 1 fully saturated rings. The number of nitrogens with two attached hydrogens (primary N) is 2. The van der Waals surface area contributed by atoms with Gasteiger partial charge in [-0.2, -0.15) is 4.98 Å². The number of para-hydroxylation sites is 1. The van der Waals surface area contributed by atoms with Gasteiger partial charge in [0.15, 0.2) is 12.4 Å². The fourth-order valence-electron chi connectivity index (χ4n) is 3.83. The van der Waals surface area contributed by atoms with Gasteiger partial charge < -0.3 is 30.8 Å². The monoisotopic (exact) mass is 483 g/mol. The molecule has 2 aromatic carbocycles. The van der Waals surface area contributed by atoms with Crippen LogP contribution in [0.3, 0.4) is 0 Å². The number of benzene rings is 2. The third-order valence-electron chi connectivity index (χ3n) is 5.42. The largest absolute Gasteiger partial charge is 0.490 e. The molecule has 0 saturated carbocycles. The summed E-state index contributed by atoms with van der Waals surface area (Å²) in [6, 6.07) is 17.9. The molecular formula is C24H30ClN7O2. The van der Waals surface area contributed by atoms with Crippen molar-refractivity contribution in [1.29, 1.82) is 0 Å². The SMILES string of the molecule is Cc1nc(N)nc(N)c1N1CCN(c2ccc(/C=N/OCCOc3ccccc3)cc2)CC1.Cl. The Kier molecular flexibility index (Phi) is 8.75. The van der Waals surface area contributed by atoms with E-state index < -0.39 is 0 Å². The first-order valence-corrected chi connectivity index (χ1v) is 10.9. The maximum absolute atomic E-state index is 6.09. The number of halogens is 1. The number of ether oxygens (including phenoxy) is 1. The van der Waals surface area contributed by atoms with E-state index in [9.17, 15) is 0 Å². The molecule has 0 aliphatic carbocycles. The van der Waals surface area contributed by atoms with Crippen LogP contribution in [-0.4, -0.2) is 55.6 Å². The summed E-state index contributed by atoms with van der Waals surface area (Å²) in [6.07, 6.45) is 1.71. The van der Waals surface area contributed by atoms with Gasteiger partial charge in [-0.15, -0.1) is 12.4 Å². The van der Waals surface area contributed by atoms with Crippen molar-refractivity contribution < 1.29 is 9.57 Å². The number of aryl methyl sites for hydroxylation is 1. The summed E-state index contributed by atoms with van der Waals surface area (Å²) in [7, 11) is 0. The highest BCUT2D eigenvalue weighted by atomic mass is 35.5. The van der Waals surface area contributed by atoms with Gasteiger partial charge in [-0.3, -0.25) is 0 Å². The molecule has 1 saturated heterocycles. The number of piperazine rings is 1. The van der Waals surface area contributed by atoms with Gasteiger partial charge >= 0.3 is 0 Å². The summed E-state index contributed by atoms with van der Waals surface area (Å²) >= 11 is 0. The molecule has 2 heterocycles. The van der Waals surface area contributed by atoms with Crippen molar-refractivity contribution in [1.82, 2.24) is 9.97 Å². The lowest BCUT2D eigenvalue weighted by Crippen LogP contribution is -2.47. The fourth-order valence-corrected chi connectivity index (χ4v) is 3.83. The highest BCUT2D eigenvalue weighted by molar-refractivity contribution is 5.85. The number of hydrogen-bond donors (Lipinski definition) is 2. The highest BCUT2D eigenvalue weighted by Gasteiger charge is 2.22. The third kappa shape index (κ3) is 6.41. The summed E-state index contributed by atoms with van der Waals surface area (Å²) in [5.41, 5.74) is 15.6. The van der Waals surface area contributed by atoms with E-state index in [2.05, 4.69) is 37.1 Å². The summed E-state index contributed by atoms with van der Waals surface area (Å²) in [5.74, 6) is 1.47. The molecule has 10 heteroatoms. The zero-order valence-electron chi connectivity index (χ0n) is 19.1. The van der Waals surface area contributed by atoms with Crippen molar-refractivity contribution in [2.24, 2.45) is 5.16 Å². The Balaban J connectivity index is 0.00000324. The molecule has 4 N–H and O–H groups in total. The smallest absolute Gasteiger partial charge is 0.222 e. The van der Waals surface area contributed by atoms with Crippen LogP contribution in [0.1, 0.15) is 11.3 Å². The van der Waals surface area contributed by atoms with Crippen LogP contribution in [0.15, 0.2) is 59.8 Å². The average Bonchev–Trinajstić information content (AvgIpc) is 2.82. The van der Waals surface area contributed by atoms with Gasteiger partial charge in [-0.05, 0) is 36.8 Å². The summed E-state index contributed by atoms with van der Waals surface area (Å²) < 4.78 is 5.57. The zero-order valence-corrected chi connectivity index (χ0v) is 19.9. The second-order valence-electron chi connectivity index (χ2n) is 7.70.